The van der Waals surface area contributed by atoms with E-state index in [9.17, 15) is 19.5 Å². The Morgan fingerprint density at radius 3 is 2.64 bits per heavy atom. The summed E-state index contributed by atoms with van der Waals surface area (Å²) >= 11 is 0. The maximum atomic E-state index is 12.2. The number of ether oxygens (including phenoxy) is 2. The van der Waals surface area contributed by atoms with Crippen molar-refractivity contribution in [2.75, 3.05) is 19.7 Å². The summed E-state index contributed by atoms with van der Waals surface area (Å²) in [7, 11) is 0. The third-order valence-corrected chi connectivity index (χ3v) is 4.45. The number of benzene rings is 1. The lowest BCUT2D eigenvalue weighted by Gasteiger charge is -2.42. The molecule has 0 aliphatic carbocycles. The number of nitrogens with zero attached hydrogens (tertiary/aromatic N) is 1. The van der Waals surface area contributed by atoms with Crippen LogP contribution in [-0.2, 0) is 25.7 Å². The van der Waals surface area contributed by atoms with Crippen LogP contribution < -0.4 is 0 Å². The summed E-state index contributed by atoms with van der Waals surface area (Å²) in [6.45, 7) is 2.07. The first-order valence-electron chi connectivity index (χ1n) is 8.28. The zero-order chi connectivity index (χ0) is 18.3. The molecular weight excluding hydrogens is 326 g/mol. The minimum Gasteiger partial charge on any atom is -0.465 e. The van der Waals surface area contributed by atoms with Crippen LogP contribution in [0.3, 0.4) is 0 Å². The molecule has 1 heterocycles. The fraction of sp³-hybridized carbons (Fsp3) is 0.500. The van der Waals surface area contributed by atoms with E-state index >= 15 is 0 Å². The number of β-amino-alcohol motifs (C(OH)–C–C–N with tert-alkyl or cyclic N) is 1. The molecule has 0 radical (unpaired) electrons. The van der Waals surface area contributed by atoms with E-state index in [-0.39, 0.29) is 39.1 Å². The second kappa shape index (κ2) is 8.62. The molecule has 1 fully saturated rings. The fourth-order valence-corrected chi connectivity index (χ4v) is 2.94. The van der Waals surface area contributed by atoms with Gasteiger partial charge in [0.2, 0.25) is 0 Å². The number of hydrogen-bond acceptors (Lipinski definition) is 6. The van der Waals surface area contributed by atoms with Gasteiger partial charge >= 0.3 is 12.1 Å². The van der Waals surface area contributed by atoms with Gasteiger partial charge in [0.15, 0.2) is 0 Å². The first-order chi connectivity index (χ1) is 12.0. The third kappa shape index (κ3) is 4.36. The van der Waals surface area contributed by atoms with Crippen molar-refractivity contribution >= 4 is 18.3 Å². The Labute approximate surface area is 146 Å². The fourth-order valence-electron chi connectivity index (χ4n) is 2.94. The largest absolute Gasteiger partial charge is 0.465 e. The molecule has 1 saturated heterocycles. The number of rotatable bonds is 6. The molecule has 0 saturated carbocycles. The maximum absolute atomic E-state index is 12.2. The summed E-state index contributed by atoms with van der Waals surface area (Å²) < 4.78 is 10.3. The molecule has 1 aliphatic heterocycles. The van der Waals surface area contributed by atoms with E-state index in [1.165, 1.54) is 4.90 Å². The quantitative estimate of drug-likeness (QED) is 0.618. The Kier molecular flexibility index (Phi) is 6.52. The number of esters is 1. The normalized spacial score (nSPS) is 23.0. The van der Waals surface area contributed by atoms with Crippen molar-refractivity contribution in [2.45, 2.75) is 32.5 Å². The van der Waals surface area contributed by atoms with Gasteiger partial charge < -0.3 is 24.3 Å². The molecule has 2 atom stereocenters. The number of amides is 1. The maximum Gasteiger partial charge on any atom is 0.410 e. The predicted octanol–water partition coefficient (Wildman–Crippen LogP) is 1.53. The average Bonchev–Trinajstić information content (AvgIpc) is 2.62. The van der Waals surface area contributed by atoms with Crippen molar-refractivity contribution in [3.05, 3.63) is 35.9 Å². The van der Waals surface area contributed by atoms with Crippen molar-refractivity contribution in [2.24, 2.45) is 5.41 Å². The number of hydrogen-bond donors (Lipinski definition) is 1. The number of aliphatic hydroxyl groups is 1. The number of piperidine rings is 1. The zero-order valence-electron chi connectivity index (χ0n) is 14.2. The van der Waals surface area contributed by atoms with E-state index < -0.39 is 23.6 Å². The molecule has 2 rings (SSSR count). The molecular formula is C18H23NO6. The van der Waals surface area contributed by atoms with Crippen LogP contribution in [0.4, 0.5) is 4.79 Å². The minimum absolute atomic E-state index is 0.0831. The summed E-state index contributed by atoms with van der Waals surface area (Å²) in [4.78, 5) is 36.7. The molecule has 7 nitrogen and oxygen atoms in total. The van der Waals surface area contributed by atoms with Crippen molar-refractivity contribution in [1.29, 1.82) is 0 Å². The third-order valence-electron chi connectivity index (χ3n) is 4.45. The molecule has 0 spiro atoms. The summed E-state index contributed by atoms with van der Waals surface area (Å²) in [5.74, 6) is -0.605. The highest BCUT2D eigenvalue weighted by molar-refractivity contribution is 5.81. The van der Waals surface area contributed by atoms with Crippen molar-refractivity contribution < 1.29 is 29.0 Å². The molecule has 0 bridgehead atoms. The minimum atomic E-state index is -1.30. The molecule has 2 unspecified atom stereocenters. The molecule has 1 aromatic carbocycles. The zero-order valence-corrected chi connectivity index (χ0v) is 14.2. The van der Waals surface area contributed by atoms with Gasteiger partial charge in [-0.3, -0.25) is 4.79 Å². The second-order valence-corrected chi connectivity index (χ2v) is 6.00. The Balaban J connectivity index is 1.97. The highest BCUT2D eigenvalue weighted by atomic mass is 16.6. The molecule has 1 N–H and O–H groups in total. The van der Waals surface area contributed by atoms with E-state index in [4.69, 9.17) is 9.47 Å². The van der Waals surface area contributed by atoms with Crippen LogP contribution in [0.25, 0.3) is 0 Å². The lowest BCUT2D eigenvalue weighted by atomic mass is 9.74. The average molecular weight is 349 g/mol. The van der Waals surface area contributed by atoms with Gasteiger partial charge in [0.25, 0.3) is 0 Å². The Bertz CT molecular complexity index is 605. The first kappa shape index (κ1) is 18.9. The van der Waals surface area contributed by atoms with Crippen LogP contribution in [0.1, 0.15) is 25.3 Å². The molecule has 0 aromatic heterocycles. The van der Waals surface area contributed by atoms with Gasteiger partial charge in [-0.15, -0.1) is 0 Å². The standard InChI is InChI=1S/C18H23NO6/c1-2-24-16(22)18(9-11-20)8-10-19(12-15(18)21)17(23)25-13-14-6-4-3-5-7-14/h3-7,11,15,21H,2,8-10,12-13H2,1H3. The van der Waals surface area contributed by atoms with Crippen molar-refractivity contribution in [1.82, 2.24) is 4.90 Å². The molecule has 1 amide bonds. The molecule has 136 valence electrons. The Morgan fingerprint density at radius 1 is 1.32 bits per heavy atom. The predicted molar refractivity (Wildman–Crippen MR) is 88.6 cm³/mol. The summed E-state index contributed by atoms with van der Waals surface area (Å²) in [5, 5.41) is 10.4. The van der Waals surface area contributed by atoms with E-state index in [2.05, 4.69) is 0 Å². The van der Waals surface area contributed by atoms with Crippen molar-refractivity contribution in [3.63, 3.8) is 0 Å². The molecule has 1 aliphatic rings. The molecule has 1 aromatic rings. The van der Waals surface area contributed by atoms with Gasteiger partial charge in [0.05, 0.1) is 19.3 Å². The van der Waals surface area contributed by atoms with Crippen LogP contribution in [0, 0.1) is 5.41 Å². The van der Waals surface area contributed by atoms with Crippen LogP contribution in [0.15, 0.2) is 30.3 Å². The van der Waals surface area contributed by atoms with E-state index in [0.29, 0.717) is 6.29 Å². The number of aliphatic hydroxyl groups excluding tert-OH is 1. The SMILES string of the molecule is CCOC(=O)C1(CC=O)CCN(C(=O)OCc2ccccc2)CC1O. The van der Waals surface area contributed by atoms with Crippen molar-refractivity contribution in [3.8, 4) is 0 Å². The highest BCUT2D eigenvalue weighted by Crippen LogP contribution is 2.36. The summed E-state index contributed by atoms with van der Waals surface area (Å²) in [5.41, 5.74) is -0.441. The number of aldehydes is 1. The van der Waals surface area contributed by atoms with Crippen LogP contribution in [-0.4, -0.2) is 54.2 Å². The lowest BCUT2D eigenvalue weighted by molar-refractivity contribution is -0.170. The van der Waals surface area contributed by atoms with E-state index in [1.54, 1.807) is 6.92 Å². The topological polar surface area (TPSA) is 93.1 Å². The number of likely N-dealkylation sites (tertiary alicyclic amines) is 1. The smallest absolute Gasteiger partial charge is 0.410 e. The van der Waals surface area contributed by atoms with Gasteiger partial charge in [-0.05, 0) is 18.9 Å². The van der Waals surface area contributed by atoms with E-state index in [0.717, 1.165) is 5.56 Å². The number of carbonyl (C=O) groups is 3. The van der Waals surface area contributed by atoms with E-state index in [1.807, 2.05) is 30.3 Å². The second-order valence-electron chi connectivity index (χ2n) is 6.00. The van der Waals surface area contributed by atoms with Crippen LogP contribution in [0.5, 0.6) is 0 Å². The van der Waals surface area contributed by atoms with Gasteiger partial charge in [-0.2, -0.15) is 0 Å². The Morgan fingerprint density at radius 2 is 2.04 bits per heavy atom. The molecule has 7 heteroatoms. The van der Waals surface area contributed by atoms with Gasteiger partial charge in [0.1, 0.15) is 18.3 Å². The lowest BCUT2D eigenvalue weighted by Crippen LogP contribution is -2.56. The van der Waals surface area contributed by atoms with Gasteiger partial charge in [0, 0.05) is 13.0 Å². The monoisotopic (exact) mass is 349 g/mol. The Hall–Kier alpha value is -2.41. The van der Waals surface area contributed by atoms with Gasteiger partial charge in [-0.25, -0.2) is 4.79 Å². The number of carbonyl (C=O) groups excluding carboxylic acids is 3. The first-order valence-corrected chi connectivity index (χ1v) is 8.28. The highest BCUT2D eigenvalue weighted by Gasteiger charge is 2.50. The van der Waals surface area contributed by atoms with Gasteiger partial charge in [-0.1, -0.05) is 30.3 Å². The summed E-state index contributed by atoms with van der Waals surface area (Å²) in [6, 6.07) is 9.25. The van der Waals surface area contributed by atoms with Crippen LogP contribution >= 0.6 is 0 Å². The summed E-state index contributed by atoms with van der Waals surface area (Å²) in [6.07, 6.45) is -1.14. The molecule has 25 heavy (non-hydrogen) atoms. The van der Waals surface area contributed by atoms with Crippen LogP contribution in [0.2, 0.25) is 0 Å².